The fourth-order valence-electron chi connectivity index (χ4n) is 4.05. The number of amides is 2. The monoisotopic (exact) mass is 431 g/mol. The number of guanidine groups is 1. The Morgan fingerprint density at radius 2 is 1.87 bits per heavy atom. The maximum atomic E-state index is 13.3. The van der Waals surface area contributed by atoms with Crippen LogP contribution in [0, 0.1) is 5.41 Å². The van der Waals surface area contributed by atoms with Crippen LogP contribution in [0.2, 0.25) is 0 Å². The number of nitrogens with one attached hydrogen (secondary N) is 1. The molecule has 9 nitrogen and oxygen atoms in total. The number of likely N-dealkylation sites (N-methyl/N-ethyl adjacent to an activating group) is 1. The Labute approximate surface area is 184 Å². The van der Waals surface area contributed by atoms with Crippen molar-refractivity contribution in [1.82, 2.24) is 10.2 Å². The molecule has 0 aliphatic heterocycles. The van der Waals surface area contributed by atoms with Crippen molar-refractivity contribution in [3.05, 3.63) is 35.9 Å². The zero-order chi connectivity index (χ0) is 22.9. The first kappa shape index (κ1) is 24.7. The maximum absolute atomic E-state index is 13.3. The summed E-state index contributed by atoms with van der Waals surface area (Å²) >= 11 is 0. The van der Waals surface area contributed by atoms with Crippen LogP contribution < -0.4 is 16.8 Å². The predicted molar refractivity (Wildman–Crippen MR) is 121 cm³/mol. The highest BCUT2D eigenvalue weighted by Crippen LogP contribution is 2.40. The number of hydrogen-bond acceptors (Lipinski definition) is 5. The Morgan fingerprint density at radius 1 is 1.23 bits per heavy atom. The molecule has 0 spiro atoms. The third-order valence-electron chi connectivity index (χ3n) is 5.87. The summed E-state index contributed by atoms with van der Waals surface area (Å²) in [4.78, 5) is 32.0. The molecule has 0 radical (unpaired) electrons. The molecule has 0 bridgehead atoms. The molecule has 1 aliphatic carbocycles. The van der Waals surface area contributed by atoms with E-state index in [9.17, 15) is 19.6 Å². The fourth-order valence-corrected chi connectivity index (χ4v) is 4.05. The molecule has 0 unspecified atom stereocenters. The summed E-state index contributed by atoms with van der Waals surface area (Å²) in [5, 5.41) is 22.1. The number of nitrogens with two attached hydrogens (primary N) is 2. The van der Waals surface area contributed by atoms with Crippen molar-refractivity contribution in [1.29, 1.82) is 0 Å². The van der Waals surface area contributed by atoms with E-state index >= 15 is 0 Å². The molecule has 0 aromatic heterocycles. The normalized spacial score (nSPS) is 15.7. The molecule has 31 heavy (non-hydrogen) atoms. The van der Waals surface area contributed by atoms with Gasteiger partial charge in [0, 0.05) is 20.1 Å². The molecule has 1 aliphatic rings. The van der Waals surface area contributed by atoms with E-state index in [-0.39, 0.29) is 18.3 Å². The molecule has 1 aromatic rings. The second kappa shape index (κ2) is 11.7. The van der Waals surface area contributed by atoms with E-state index < -0.39 is 24.4 Å². The molecule has 10 heteroatoms. The van der Waals surface area contributed by atoms with Gasteiger partial charge in [0.2, 0.25) is 11.8 Å². The molecule has 1 saturated carbocycles. The van der Waals surface area contributed by atoms with E-state index in [2.05, 4.69) is 10.3 Å². The second-order valence-corrected chi connectivity index (χ2v) is 8.19. The smallest absolute Gasteiger partial charge is 0.426 e. The lowest BCUT2D eigenvalue weighted by Crippen LogP contribution is -2.56. The van der Waals surface area contributed by atoms with Crippen LogP contribution in [0.1, 0.15) is 44.1 Å². The quantitative estimate of drug-likeness (QED) is 0.107. The van der Waals surface area contributed by atoms with E-state index in [1.807, 2.05) is 30.3 Å². The Kier molecular flexibility index (Phi) is 9.32. The Balaban J connectivity index is 2.02. The Hall–Kier alpha value is -2.59. The van der Waals surface area contributed by atoms with E-state index in [4.69, 9.17) is 11.5 Å². The SMILES string of the molecule is CN(CCc1ccccc1)C(=O)C1(C(=O)N[C@@H](CCCN=C(N)N)B(O)O)CCCC1. The number of benzene rings is 1. The van der Waals surface area contributed by atoms with Gasteiger partial charge in [-0.1, -0.05) is 43.2 Å². The van der Waals surface area contributed by atoms with Crippen molar-refractivity contribution in [2.75, 3.05) is 20.1 Å². The fraction of sp³-hybridized carbons (Fsp3) is 0.571. The van der Waals surface area contributed by atoms with E-state index in [0.717, 1.165) is 18.4 Å². The van der Waals surface area contributed by atoms with Gasteiger partial charge in [0.25, 0.3) is 0 Å². The molecular formula is C21H34BN5O4. The van der Waals surface area contributed by atoms with E-state index in [1.165, 1.54) is 0 Å². The van der Waals surface area contributed by atoms with Gasteiger partial charge < -0.3 is 31.7 Å². The van der Waals surface area contributed by atoms with Crippen molar-refractivity contribution in [2.24, 2.45) is 21.9 Å². The van der Waals surface area contributed by atoms with Crippen LogP contribution in [0.25, 0.3) is 0 Å². The molecule has 0 heterocycles. The van der Waals surface area contributed by atoms with Gasteiger partial charge in [-0.15, -0.1) is 0 Å². The lowest BCUT2D eigenvalue weighted by molar-refractivity contribution is -0.149. The summed E-state index contributed by atoms with van der Waals surface area (Å²) < 4.78 is 0. The van der Waals surface area contributed by atoms with Gasteiger partial charge >= 0.3 is 7.12 Å². The van der Waals surface area contributed by atoms with Crippen LogP contribution in [-0.2, 0) is 16.0 Å². The third-order valence-corrected chi connectivity index (χ3v) is 5.87. The summed E-state index contributed by atoms with van der Waals surface area (Å²) in [5.41, 5.74) is 10.5. The first-order chi connectivity index (χ1) is 14.8. The predicted octanol–water partition coefficient (Wildman–Crippen LogP) is -0.202. The van der Waals surface area contributed by atoms with Gasteiger partial charge in [-0.2, -0.15) is 0 Å². The van der Waals surface area contributed by atoms with Gasteiger partial charge in [0.15, 0.2) is 5.96 Å². The van der Waals surface area contributed by atoms with Crippen LogP contribution in [0.4, 0.5) is 0 Å². The highest BCUT2D eigenvalue weighted by atomic mass is 16.4. The molecule has 2 amide bonds. The molecule has 1 aromatic carbocycles. The lowest BCUT2D eigenvalue weighted by Gasteiger charge is -2.33. The molecule has 7 N–H and O–H groups in total. The zero-order valence-corrected chi connectivity index (χ0v) is 18.2. The summed E-state index contributed by atoms with van der Waals surface area (Å²) in [6.45, 7) is 0.816. The van der Waals surface area contributed by atoms with Gasteiger partial charge in [-0.05, 0) is 37.7 Å². The standard InChI is InChI=1S/C21H34BN5O4/c1-27(15-11-16-8-3-2-4-9-16)19(29)21(12-5-6-13-21)18(28)26-17(22(30)31)10-7-14-25-20(23)24/h2-4,8-9,17,30-31H,5-7,10-15H2,1H3,(H,26,28)(H4,23,24,25)/t17-/m0/s1. The number of carbonyl (C=O) groups excluding carboxylic acids is 2. The minimum absolute atomic E-state index is 0.0424. The van der Waals surface area contributed by atoms with E-state index in [1.54, 1.807) is 11.9 Å². The number of hydrogen-bond donors (Lipinski definition) is 5. The van der Waals surface area contributed by atoms with Gasteiger partial charge in [0.1, 0.15) is 5.41 Å². The average molecular weight is 431 g/mol. The second-order valence-electron chi connectivity index (χ2n) is 8.19. The number of rotatable bonds is 11. The highest BCUT2D eigenvalue weighted by molar-refractivity contribution is 6.43. The largest absolute Gasteiger partial charge is 0.475 e. The number of aliphatic imine (C=N–C) groups is 1. The summed E-state index contributed by atoms with van der Waals surface area (Å²) in [6, 6.07) is 9.87. The summed E-state index contributed by atoms with van der Waals surface area (Å²) in [6.07, 6.45) is 3.90. The Morgan fingerprint density at radius 3 is 2.45 bits per heavy atom. The highest BCUT2D eigenvalue weighted by Gasteiger charge is 2.50. The first-order valence-electron chi connectivity index (χ1n) is 10.8. The molecule has 1 atom stereocenters. The van der Waals surface area contributed by atoms with Crippen molar-refractivity contribution < 1.29 is 19.6 Å². The topological polar surface area (TPSA) is 154 Å². The van der Waals surface area contributed by atoms with Crippen LogP contribution in [0.5, 0.6) is 0 Å². The molecule has 0 saturated heterocycles. The first-order valence-corrected chi connectivity index (χ1v) is 10.8. The molecule has 2 rings (SSSR count). The molecule has 170 valence electrons. The maximum Gasteiger partial charge on any atom is 0.475 e. The van der Waals surface area contributed by atoms with Crippen LogP contribution in [0.15, 0.2) is 35.3 Å². The molecular weight excluding hydrogens is 397 g/mol. The summed E-state index contributed by atoms with van der Waals surface area (Å²) in [7, 11) is -0.0285. The van der Waals surface area contributed by atoms with Crippen molar-refractivity contribution >= 4 is 24.9 Å². The van der Waals surface area contributed by atoms with Gasteiger partial charge in [-0.3, -0.25) is 14.6 Å². The minimum atomic E-state index is -1.74. The van der Waals surface area contributed by atoms with E-state index in [0.29, 0.717) is 38.8 Å². The minimum Gasteiger partial charge on any atom is -0.426 e. The lowest BCUT2D eigenvalue weighted by atomic mass is 9.75. The number of carbonyl (C=O) groups is 2. The van der Waals surface area contributed by atoms with Crippen LogP contribution >= 0.6 is 0 Å². The molecule has 1 fully saturated rings. The zero-order valence-electron chi connectivity index (χ0n) is 18.2. The van der Waals surface area contributed by atoms with Crippen molar-refractivity contribution in [3.63, 3.8) is 0 Å². The van der Waals surface area contributed by atoms with Crippen LogP contribution in [0.3, 0.4) is 0 Å². The van der Waals surface area contributed by atoms with Crippen LogP contribution in [-0.4, -0.2) is 65.9 Å². The Bertz CT molecular complexity index is 749. The summed E-state index contributed by atoms with van der Waals surface area (Å²) in [5.74, 6) is -1.60. The third kappa shape index (κ3) is 6.97. The van der Waals surface area contributed by atoms with Crippen molar-refractivity contribution in [3.8, 4) is 0 Å². The van der Waals surface area contributed by atoms with Gasteiger partial charge in [-0.25, -0.2) is 0 Å². The van der Waals surface area contributed by atoms with Crippen molar-refractivity contribution in [2.45, 2.75) is 50.9 Å². The number of nitrogens with zero attached hydrogens (tertiary/aromatic N) is 2. The average Bonchev–Trinajstić information content (AvgIpc) is 3.25. The van der Waals surface area contributed by atoms with Gasteiger partial charge in [0.05, 0.1) is 5.94 Å².